The van der Waals surface area contributed by atoms with E-state index in [0.717, 1.165) is 12.2 Å². The highest BCUT2D eigenvalue weighted by atomic mass is 15.6. The van der Waals surface area contributed by atoms with Crippen molar-refractivity contribution in [3.05, 3.63) is 5.82 Å². The molecule has 0 aromatic carbocycles. The van der Waals surface area contributed by atoms with Crippen molar-refractivity contribution in [2.75, 3.05) is 0 Å². The van der Waals surface area contributed by atoms with Crippen molar-refractivity contribution in [1.82, 2.24) is 20.2 Å². The summed E-state index contributed by atoms with van der Waals surface area (Å²) in [6.07, 6.45) is 4.61. The molecule has 0 saturated heterocycles. The molecule has 0 atom stereocenters. The van der Waals surface area contributed by atoms with Gasteiger partial charge in [-0.15, -0.1) is 10.2 Å². The highest BCUT2D eigenvalue weighted by Gasteiger charge is 1.97. The maximum atomic E-state index is 4.08. The molecule has 1 rings (SSSR count). The third kappa shape index (κ3) is 5.33. The lowest BCUT2D eigenvalue weighted by atomic mass is 10.2. The van der Waals surface area contributed by atoms with Gasteiger partial charge in [-0.2, -0.15) is 4.80 Å². The predicted molar refractivity (Wildman–Crippen MR) is 53.4 cm³/mol. The van der Waals surface area contributed by atoms with Crippen molar-refractivity contribution in [3.63, 3.8) is 0 Å². The number of unbranched alkanes of at least 4 members (excludes halogenated alkanes) is 2. The van der Waals surface area contributed by atoms with Gasteiger partial charge in [0.2, 0.25) is 0 Å². The molecule has 4 nitrogen and oxygen atoms in total. The maximum absolute atomic E-state index is 4.08. The number of tetrazole rings is 1. The van der Waals surface area contributed by atoms with Gasteiger partial charge >= 0.3 is 0 Å². The highest BCUT2D eigenvalue weighted by Crippen LogP contribution is 1.99. The molecule has 0 amide bonds. The third-order valence-electron chi connectivity index (χ3n) is 1.55. The minimum absolute atomic E-state index is 0.862. The fourth-order valence-corrected chi connectivity index (χ4v) is 0.957. The summed E-state index contributed by atoms with van der Waals surface area (Å²) in [4.78, 5) is 1.50. The lowest BCUT2D eigenvalue weighted by Gasteiger charge is -1.91. The Kier molecular flexibility index (Phi) is 7.15. The fraction of sp³-hybridized carbons (Fsp3) is 0.889. The Morgan fingerprint density at radius 3 is 2.38 bits per heavy atom. The van der Waals surface area contributed by atoms with E-state index >= 15 is 0 Å². The monoisotopic (exact) mass is 184 g/mol. The first kappa shape index (κ1) is 12.1. The second kappa shape index (κ2) is 7.71. The van der Waals surface area contributed by atoms with Crippen LogP contribution in [0.4, 0.5) is 0 Å². The average Bonchev–Trinajstić information content (AvgIpc) is 2.56. The molecule has 13 heavy (non-hydrogen) atoms. The molecule has 0 fully saturated rings. The molecule has 0 aliphatic carbocycles. The Morgan fingerprint density at radius 2 is 1.92 bits per heavy atom. The number of rotatable bonds is 4. The second-order valence-corrected chi connectivity index (χ2v) is 2.65. The summed E-state index contributed by atoms with van der Waals surface area (Å²) < 4.78 is 0. The molecule has 1 aromatic rings. The first-order valence-corrected chi connectivity index (χ1v) is 5.06. The Hall–Kier alpha value is -0.930. The van der Waals surface area contributed by atoms with Crippen molar-refractivity contribution in [1.29, 1.82) is 0 Å². The first-order chi connectivity index (χ1) is 6.33. The minimum Gasteiger partial charge on any atom is -0.167 e. The zero-order valence-electron chi connectivity index (χ0n) is 9.12. The van der Waals surface area contributed by atoms with E-state index in [-0.39, 0.29) is 0 Å². The molecule has 0 bridgehead atoms. The summed E-state index contributed by atoms with van der Waals surface area (Å²) in [7, 11) is 1.79. The zero-order chi connectivity index (χ0) is 10.1. The molecule has 0 N–H and O–H groups in total. The van der Waals surface area contributed by atoms with Crippen LogP contribution < -0.4 is 0 Å². The van der Waals surface area contributed by atoms with Gasteiger partial charge in [-0.05, 0) is 11.6 Å². The standard InChI is InChI=1S/C7H14N4.C2H6/c1-3-4-5-6-7-8-10-11(2)9-7;1-2/h3-6H2,1-2H3;1-2H3. The Bertz CT molecular complexity index is 207. The maximum Gasteiger partial charge on any atom is 0.174 e. The summed E-state index contributed by atoms with van der Waals surface area (Å²) in [5.74, 6) is 0.862. The number of nitrogens with zero attached hydrogens (tertiary/aromatic N) is 4. The van der Waals surface area contributed by atoms with Gasteiger partial charge in [-0.25, -0.2) is 0 Å². The van der Waals surface area contributed by atoms with Crippen LogP contribution in [0.2, 0.25) is 0 Å². The van der Waals surface area contributed by atoms with Crippen LogP contribution in [0.25, 0.3) is 0 Å². The molecule has 0 radical (unpaired) electrons. The normalized spacial score (nSPS) is 9.23. The summed E-state index contributed by atoms with van der Waals surface area (Å²) >= 11 is 0. The largest absolute Gasteiger partial charge is 0.174 e. The van der Waals surface area contributed by atoms with E-state index in [0.29, 0.717) is 0 Å². The van der Waals surface area contributed by atoms with Crippen LogP contribution >= 0.6 is 0 Å². The van der Waals surface area contributed by atoms with E-state index in [1.165, 1.54) is 24.1 Å². The molecule has 0 aliphatic heterocycles. The molecule has 0 spiro atoms. The van der Waals surface area contributed by atoms with E-state index in [1.54, 1.807) is 7.05 Å². The van der Waals surface area contributed by atoms with Gasteiger partial charge in [0.1, 0.15) is 0 Å². The van der Waals surface area contributed by atoms with Crippen molar-refractivity contribution >= 4 is 0 Å². The lowest BCUT2D eigenvalue weighted by molar-refractivity contribution is 0.624. The van der Waals surface area contributed by atoms with Crippen molar-refractivity contribution in [2.24, 2.45) is 7.05 Å². The lowest BCUT2D eigenvalue weighted by Crippen LogP contribution is -1.93. The number of hydrogen-bond donors (Lipinski definition) is 0. The van der Waals surface area contributed by atoms with Crippen LogP contribution in [-0.4, -0.2) is 20.2 Å². The Morgan fingerprint density at radius 1 is 1.23 bits per heavy atom. The number of hydrogen-bond acceptors (Lipinski definition) is 3. The molecule has 1 aromatic heterocycles. The summed E-state index contributed by atoms with van der Waals surface area (Å²) in [6, 6.07) is 0. The van der Waals surface area contributed by atoms with Crippen LogP contribution in [0.5, 0.6) is 0 Å². The zero-order valence-corrected chi connectivity index (χ0v) is 9.12. The Balaban J connectivity index is 0.000000671. The molecular weight excluding hydrogens is 164 g/mol. The van der Waals surface area contributed by atoms with E-state index in [1.807, 2.05) is 13.8 Å². The fourth-order valence-electron chi connectivity index (χ4n) is 0.957. The van der Waals surface area contributed by atoms with Crippen molar-refractivity contribution in [3.8, 4) is 0 Å². The molecular formula is C9H20N4. The number of aromatic nitrogens is 4. The Labute approximate surface area is 80.3 Å². The summed E-state index contributed by atoms with van der Waals surface area (Å²) in [6.45, 7) is 6.18. The second-order valence-electron chi connectivity index (χ2n) is 2.65. The topological polar surface area (TPSA) is 43.6 Å². The molecule has 0 unspecified atom stereocenters. The molecule has 76 valence electrons. The van der Waals surface area contributed by atoms with E-state index < -0.39 is 0 Å². The predicted octanol–water partition coefficient (Wildman–Crippen LogP) is 1.97. The molecule has 4 heteroatoms. The van der Waals surface area contributed by atoms with Gasteiger partial charge < -0.3 is 0 Å². The van der Waals surface area contributed by atoms with E-state index in [2.05, 4.69) is 22.3 Å². The summed E-state index contributed by atoms with van der Waals surface area (Å²) in [5.41, 5.74) is 0. The van der Waals surface area contributed by atoms with Crippen LogP contribution in [0.1, 0.15) is 45.9 Å². The van der Waals surface area contributed by atoms with E-state index in [4.69, 9.17) is 0 Å². The molecule has 0 aliphatic rings. The van der Waals surface area contributed by atoms with Crippen LogP contribution in [-0.2, 0) is 13.5 Å². The van der Waals surface area contributed by atoms with Crippen molar-refractivity contribution < 1.29 is 0 Å². The number of aryl methyl sites for hydroxylation is 2. The van der Waals surface area contributed by atoms with Gasteiger partial charge in [-0.1, -0.05) is 33.6 Å². The van der Waals surface area contributed by atoms with Crippen LogP contribution in [0.3, 0.4) is 0 Å². The van der Waals surface area contributed by atoms with Crippen molar-refractivity contribution in [2.45, 2.75) is 46.5 Å². The average molecular weight is 184 g/mol. The first-order valence-electron chi connectivity index (χ1n) is 5.06. The summed E-state index contributed by atoms with van der Waals surface area (Å²) in [5, 5.41) is 11.7. The van der Waals surface area contributed by atoms with Gasteiger partial charge in [0.05, 0.1) is 7.05 Å². The smallest absolute Gasteiger partial charge is 0.167 e. The molecule has 1 heterocycles. The van der Waals surface area contributed by atoms with Gasteiger partial charge in [0.25, 0.3) is 0 Å². The van der Waals surface area contributed by atoms with Gasteiger partial charge in [0.15, 0.2) is 5.82 Å². The minimum atomic E-state index is 0.862. The van der Waals surface area contributed by atoms with E-state index in [9.17, 15) is 0 Å². The van der Waals surface area contributed by atoms with Gasteiger partial charge in [-0.3, -0.25) is 0 Å². The van der Waals surface area contributed by atoms with Crippen LogP contribution in [0, 0.1) is 0 Å². The van der Waals surface area contributed by atoms with Crippen LogP contribution in [0.15, 0.2) is 0 Å². The highest BCUT2D eigenvalue weighted by molar-refractivity contribution is 4.75. The molecule has 0 saturated carbocycles. The third-order valence-corrected chi connectivity index (χ3v) is 1.55. The quantitative estimate of drug-likeness (QED) is 0.672. The SMILES string of the molecule is CC.CCCCCc1nnn(C)n1. The van der Waals surface area contributed by atoms with Gasteiger partial charge in [0, 0.05) is 6.42 Å².